The minimum atomic E-state index is 0.531. The van der Waals surface area contributed by atoms with Gasteiger partial charge in [-0.05, 0) is 31.7 Å². The normalized spacial score (nSPS) is 19.8. The predicted octanol–water partition coefficient (Wildman–Crippen LogP) is 3.10. The van der Waals surface area contributed by atoms with Gasteiger partial charge in [0, 0.05) is 6.04 Å². The zero-order chi connectivity index (χ0) is 10.9. The molecule has 0 saturated heterocycles. The molecule has 1 aliphatic rings. The molecule has 1 N–H and O–H groups in total. The molecule has 0 aromatic rings. The summed E-state index contributed by atoms with van der Waals surface area (Å²) in [4.78, 5) is 0. The lowest BCUT2D eigenvalue weighted by atomic mass is 9.84. The minimum Gasteiger partial charge on any atom is -0.500 e. The van der Waals surface area contributed by atoms with Crippen LogP contribution in [0, 0.1) is 5.92 Å². The quantitative estimate of drug-likeness (QED) is 0.653. The molecule has 1 saturated carbocycles. The first-order valence-corrected chi connectivity index (χ1v) is 6.34. The van der Waals surface area contributed by atoms with Gasteiger partial charge in [0.15, 0.2) is 0 Å². The summed E-state index contributed by atoms with van der Waals surface area (Å²) in [5, 5.41) is 3.60. The van der Waals surface area contributed by atoms with Crippen molar-refractivity contribution >= 4 is 0 Å². The van der Waals surface area contributed by atoms with Crippen LogP contribution in [0.5, 0.6) is 0 Å². The summed E-state index contributed by atoms with van der Waals surface area (Å²) in [5.74, 6) is 0.810. The highest BCUT2D eigenvalue weighted by Gasteiger charge is 2.23. The third-order valence-corrected chi connectivity index (χ3v) is 3.27. The Balaban J connectivity index is 2.33. The maximum atomic E-state index is 5.35. The van der Waals surface area contributed by atoms with E-state index in [0.29, 0.717) is 6.04 Å². The van der Waals surface area contributed by atoms with E-state index in [1.165, 1.54) is 38.5 Å². The predicted molar refractivity (Wildman–Crippen MR) is 64.8 cm³/mol. The Morgan fingerprint density at radius 3 is 2.73 bits per heavy atom. The van der Waals surface area contributed by atoms with Gasteiger partial charge in [-0.1, -0.05) is 32.8 Å². The van der Waals surface area contributed by atoms with E-state index in [9.17, 15) is 0 Å². The van der Waals surface area contributed by atoms with Crippen LogP contribution in [0.4, 0.5) is 0 Å². The van der Waals surface area contributed by atoms with Gasteiger partial charge >= 0.3 is 0 Å². The fourth-order valence-corrected chi connectivity index (χ4v) is 2.40. The molecule has 1 rings (SSSR count). The van der Waals surface area contributed by atoms with Crippen LogP contribution in [0.15, 0.2) is 12.8 Å². The largest absolute Gasteiger partial charge is 0.500 e. The minimum absolute atomic E-state index is 0.531. The fraction of sp³-hybridized carbons (Fsp3) is 0.846. The molecule has 0 bridgehead atoms. The molecule has 1 unspecified atom stereocenters. The first-order valence-electron chi connectivity index (χ1n) is 6.34. The zero-order valence-electron chi connectivity index (χ0n) is 10.0. The molecule has 0 radical (unpaired) electrons. The third kappa shape index (κ3) is 4.70. The van der Waals surface area contributed by atoms with Crippen LogP contribution in [-0.4, -0.2) is 19.2 Å². The average molecular weight is 211 g/mol. The molecule has 1 aliphatic carbocycles. The highest BCUT2D eigenvalue weighted by Crippen LogP contribution is 2.26. The van der Waals surface area contributed by atoms with Crippen molar-refractivity contribution in [2.45, 2.75) is 51.5 Å². The van der Waals surface area contributed by atoms with Crippen molar-refractivity contribution in [2.75, 3.05) is 13.2 Å². The Hall–Kier alpha value is -0.500. The fourth-order valence-electron chi connectivity index (χ4n) is 2.40. The molecule has 2 nitrogen and oxygen atoms in total. The summed E-state index contributed by atoms with van der Waals surface area (Å²) in [5.41, 5.74) is 0. The Morgan fingerprint density at radius 2 is 2.13 bits per heavy atom. The van der Waals surface area contributed by atoms with Crippen molar-refractivity contribution in [2.24, 2.45) is 5.92 Å². The summed E-state index contributed by atoms with van der Waals surface area (Å²) in [6.45, 7) is 7.70. The van der Waals surface area contributed by atoms with E-state index in [-0.39, 0.29) is 0 Å². The van der Waals surface area contributed by atoms with E-state index in [1.807, 2.05) is 0 Å². The monoisotopic (exact) mass is 211 g/mol. The maximum absolute atomic E-state index is 5.35. The van der Waals surface area contributed by atoms with Crippen LogP contribution < -0.4 is 5.32 Å². The summed E-state index contributed by atoms with van der Waals surface area (Å²) in [6, 6.07) is 0.531. The van der Waals surface area contributed by atoms with Crippen molar-refractivity contribution < 1.29 is 4.74 Å². The van der Waals surface area contributed by atoms with E-state index in [1.54, 1.807) is 6.26 Å². The van der Waals surface area contributed by atoms with Crippen LogP contribution in [-0.2, 0) is 4.74 Å². The molecule has 0 aromatic carbocycles. The Kier molecular flexibility index (Phi) is 6.49. The second-order valence-electron chi connectivity index (χ2n) is 4.46. The SMILES string of the molecule is C=COCC(NCCC)C1CCCCC1. The lowest BCUT2D eigenvalue weighted by Gasteiger charge is -2.30. The molecule has 1 atom stereocenters. The molecular formula is C13H25NO. The topological polar surface area (TPSA) is 21.3 Å². The van der Waals surface area contributed by atoms with Gasteiger partial charge in [0.1, 0.15) is 6.61 Å². The lowest BCUT2D eigenvalue weighted by molar-refractivity contribution is 0.154. The molecule has 0 spiro atoms. The molecule has 15 heavy (non-hydrogen) atoms. The van der Waals surface area contributed by atoms with Gasteiger partial charge in [-0.15, -0.1) is 0 Å². The van der Waals surface area contributed by atoms with E-state index in [0.717, 1.165) is 19.1 Å². The van der Waals surface area contributed by atoms with Crippen LogP contribution in [0.2, 0.25) is 0 Å². The second-order valence-corrected chi connectivity index (χ2v) is 4.46. The van der Waals surface area contributed by atoms with Gasteiger partial charge in [-0.2, -0.15) is 0 Å². The van der Waals surface area contributed by atoms with Crippen LogP contribution >= 0.6 is 0 Å². The number of rotatable bonds is 7. The molecule has 2 heteroatoms. The summed E-state index contributed by atoms with van der Waals surface area (Å²) in [7, 11) is 0. The van der Waals surface area contributed by atoms with Gasteiger partial charge in [-0.25, -0.2) is 0 Å². The van der Waals surface area contributed by atoms with Crippen molar-refractivity contribution in [1.82, 2.24) is 5.32 Å². The molecule has 0 aromatic heterocycles. The first-order chi connectivity index (χ1) is 7.38. The van der Waals surface area contributed by atoms with Crippen LogP contribution in [0.3, 0.4) is 0 Å². The second kappa shape index (κ2) is 7.75. The number of hydrogen-bond acceptors (Lipinski definition) is 2. The average Bonchev–Trinajstić information content (AvgIpc) is 2.30. The van der Waals surface area contributed by atoms with Crippen LogP contribution in [0.25, 0.3) is 0 Å². The number of nitrogens with one attached hydrogen (secondary N) is 1. The van der Waals surface area contributed by atoms with Gasteiger partial charge < -0.3 is 10.1 Å². The summed E-state index contributed by atoms with van der Waals surface area (Å²) >= 11 is 0. The molecule has 0 heterocycles. The summed E-state index contributed by atoms with van der Waals surface area (Å²) < 4.78 is 5.35. The number of ether oxygens (including phenoxy) is 1. The van der Waals surface area contributed by atoms with Gasteiger partial charge in [0.05, 0.1) is 6.26 Å². The smallest absolute Gasteiger partial charge is 0.103 e. The molecule has 88 valence electrons. The molecule has 0 aliphatic heterocycles. The standard InChI is InChI=1S/C13H25NO/c1-3-10-14-13(11-15-4-2)12-8-6-5-7-9-12/h4,12-14H,2-3,5-11H2,1H3. The Labute approximate surface area is 94.1 Å². The Bertz CT molecular complexity index is 164. The third-order valence-electron chi connectivity index (χ3n) is 3.27. The lowest BCUT2D eigenvalue weighted by Crippen LogP contribution is -2.41. The maximum Gasteiger partial charge on any atom is 0.103 e. The van der Waals surface area contributed by atoms with Crippen molar-refractivity contribution in [3.63, 3.8) is 0 Å². The van der Waals surface area contributed by atoms with E-state index in [2.05, 4.69) is 18.8 Å². The van der Waals surface area contributed by atoms with Gasteiger partial charge in [0.2, 0.25) is 0 Å². The van der Waals surface area contributed by atoms with Crippen LogP contribution in [0.1, 0.15) is 45.4 Å². The van der Waals surface area contributed by atoms with E-state index < -0.39 is 0 Å². The van der Waals surface area contributed by atoms with Crippen molar-refractivity contribution in [3.05, 3.63) is 12.8 Å². The Morgan fingerprint density at radius 1 is 1.40 bits per heavy atom. The summed E-state index contributed by atoms with van der Waals surface area (Å²) in [6.07, 6.45) is 9.68. The van der Waals surface area contributed by atoms with Crippen molar-refractivity contribution in [1.29, 1.82) is 0 Å². The highest BCUT2D eigenvalue weighted by atomic mass is 16.5. The van der Waals surface area contributed by atoms with Gasteiger partial charge in [0.25, 0.3) is 0 Å². The van der Waals surface area contributed by atoms with E-state index in [4.69, 9.17) is 4.74 Å². The van der Waals surface area contributed by atoms with E-state index >= 15 is 0 Å². The first kappa shape index (κ1) is 12.6. The molecule has 1 fully saturated rings. The van der Waals surface area contributed by atoms with Crippen molar-refractivity contribution in [3.8, 4) is 0 Å². The zero-order valence-corrected chi connectivity index (χ0v) is 10.0. The van der Waals surface area contributed by atoms with Gasteiger partial charge in [-0.3, -0.25) is 0 Å². The number of hydrogen-bond donors (Lipinski definition) is 1. The molecule has 0 amide bonds. The highest BCUT2D eigenvalue weighted by molar-refractivity contribution is 4.79. The molecular weight excluding hydrogens is 186 g/mol.